The van der Waals surface area contributed by atoms with Crippen LogP contribution in [0.2, 0.25) is 0 Å². The van der Waals surface area contributed by atoms with Crippen LogP contribution in [0.3, 0.4) is 0 Å². The molecule has 0 bridgehead atoms. The summed E-state index contributed by atoms with van der Waals surface area (Å²) in [5.74, 6) is 0.491. The van der Waals surface area contributed by atoms with Gasteiger partial charge in [0.1, 0.15) is 0 Å². The first-order chi connectivity index (χ1) is 6.42. The Morgan fingerprint density at radius 1 is 1.62 bits per heavy atom. The minimum absolute atomic E-state index is 0.284. The van der Waals surface area contributed by atoms with E-state index in [1.165, 1.54) is 5.56 Å². The van der Waals surface area contributed by atoms with Crippen molar-refractivity contribution in [2.75, 3.05) is 13.1 Å². The molecule has 2 unspecified atom stereocenters. The maximum absolute atomic E-state index is 5.42. The molecule has 1 aromatic rings. The second-order valence-corrected chi connectivity index (χ2v) is 3.43. The molecule has 0 aliphatic carbocycles. The largest absolute Gasteiger partial charge is 0.472 e. The van der Waals surface area contributed by atoms with Crippen LogP contribution in [-0.4, -0.2) is 27.2 Å². The fourth-order valence-electron chi connectivity index (χ4n) is 1.94. The van der Waals surface area contributed by atoms with Crippen LogP contribution in [0.5, 0.6) is 0 Å². The van der Waals surface area contributed by atoms with Gasteiger partial charge in [0.2, 0.25) is 0 Å². The van der Waals surface area contributed by atoms with Gasteiger partial charge in [-0.2, -0.15) is 0 Å². The van der Waals surface area contributed by atoms with Crippen molar-refractivity contribution in [3.8, 4) is 0 Å². The summed E-state index contributed by atoms with van der Waals surface area (Å²) in [6, 6.07) is 2.03. The van der Waals surface area contributed by atoms with Gasteiger partial charge in [-0.3, -0.25) is 0 Å². The van der Waals surface area contributed by atoms with E-state index < -0.39 is 0 Å². The minimum atomic E-state index is 0.284. The van der Waals surface area contributed by atoms with E-state index in [1.807, 2.05) is 12.3 Å². The first-order valence-electron chi connectivity index (χ1n) is 4.67. The van der Waals surface area contributed by atoms with Crippen molar-refractivity contribution in [3.63, 3.8) is 0 Å². The Morgan fingerprint density at radius 3 is 3.23 bits per heavy atom. The summed E-state index contributed by atoms with van der Waals surface area (Å²) in [6.07, 6.45) is 4.95. The smallest absolute Gasteiger partial charge is 0.257 e. The predicted molar refractivity (Wildman–Crippen MR) is 52.4 cm³/mol. The lowest BCUT2D eigenvalue weighted by Crippen LogP contribution is -2.40. The molecule has 3 nitrogen and oxygen atoms in total. The Morgan fingerprint density at radius 2 is 2.54 bits per heavy atom. The quantitative estimate of drug-likeness (QED) is 0.662. The molecule has 0 radical (unpaired) electrons. The second kappa shape index (κ2) is 3.98. The molecule has 0 spiro atoms. The Hall–Kier alpha value is -0.735. The van der Waals surface area contributed by atoms with Crippen molar-refractivity contribution in [1.82, 2.24) is 5.32 Å². The Labute approximate surface area is 78.9 Å². The molecular weight excluding hydrogens is 165 g/mol. The van der Waals surface area contributed by atoms with Crippen LogP contribution in [0.15, 0.2) is 23.0 Å². The van der Waals surface area contributed by atoms with Gasteiger partial charge < -0.3 is 14.4 Å². The van der Waals surface area contributed by atoms with Crippen molar-refractivity contribution >= 4 is 8.05 Å². The van der Waals surface area contributed by atoms with E-state index in [0.29, 0.717) is 5.92 Å². The molecule has 1 saturated heterocycles. The zero-order chi connectivity index (χ0) is 9.10. The summed E-state index contributed by atoms with van der Waals surface area (Å²) in [7, 11) is 1.77. The molecule has 13 heavy (non-hydrogen) atoms. The molecule has 0 amide bonds. The van der Waals surface area contributed by atoms with Gasteiger partial charge in [0.05, 0.1) is 18.6 Å². The SMILES string of the molecule is BOC1CNCCC1c1ccoc1. The Bertz CT molecular complexity index is 250. The van der Waals surface area contributed by atoms with Crippen LogP contribution in [-0.2, 0) is 4.65 Å². The monoisotopic (exact) mass is 179 g/mol. The molecule has 1 aromatic heterocycles. The van der Waals surface area contributed by atoms with Crippen LogP contribution >= 0.6 is 0 Å². The summed E-state index contributed by atoms with van der Waals surface area (Å²) in [5.41, 5.74) is 1.26. The highest BCUT2D eigenvalue weighted by Crippen LogP contribution is 2.27. The average Bonchev–Trinajstić information content (AvgIpc) is 2.70. The van der Waals surface area contributed by atoms with Gasteiger partial charge in [-0.15, -0.1) is 0 Å². The highest BCUT2D eigenvalue weighted by Gasteiger charge is 2.26. The fraction of sp³-hybridized carbons (Fsp3) is 0.556. The molecule has 1 aliphatic rings. The van der Waals surface area contributed by atoms with Gasteiger partial charge in [0.25, 0.3) is 8.05 Å². The minimum Gasteiger partial charge on any atom is -0.472 e. The molecule has 70 valence electrons. The third-order valence-corrected chi connectivity index (χ3v) is 2.70. The number of piperidine rings is 1. The Balaban J connectivity index is 2.11. The standard InChI is InChI=1S/C9H14BNO2/c10-13-9-5-11-3-1-8(9)7-2-4-12-6-7/h2,4,6,8-9,11H,1,3,5,10H2. The predicted octanol–water partition coefficient (Wildman–Crippen LogP) is 0.290. The molecule has 1 N–H and O–H groups in total. The molecule has 0 aromatic carbocycles. The number of nitrogens with one attached hydrogen (secondary N) is 1. The van der Waals surface area contributed by atoms with Gasteiger partial charge in [-0.25, -0.2) is 0 Å². The molecule has 2 atom stereocenters. The number of hydrogen-bond acceptors (Lipinski definition) is 3. The normalized spacial score (nSPS) is 28.9. The van der Waals surface area contributed by atoms with E-state index in [1.54, 1.807) is 14.3 Å². The van der Waals surface area contributed by atoms with E-state index in [2.05, 4.69) is 5.32 Å². The summed E-state index contributed by atoms with van der Waals surface area (Å²) >= 11 is 0. The van der Waals surface area contributed by atoms with Crippen molar-refractivity contribution in [2.45, 2.75) is 18.4 Å². The molecular formula is C9H14BNO2. The first-order valence-corrected chi connectivity index (χ1v) is 4.67. The maximum Gasteiger partial charge on any atom is 0.257 e. The lowest BCUT2D eigenvalue weighted by atomic mass is 9.89. The molecule has 1 aliphatic heterocycles. The lowest BCUT2D eigenvalue weighted by molar-refractivity contribution is 0.155. The van der Waals surface area contributed by atoms with E-state index in [0.717, 1.165) is 19.5 Å². The van der Waals surface area contributed by atoms with Crippen LogP contribution < -0.4 is 5.32 Å². The molecule has 1 fully saturated rings. The summed E-state index contributed by atoms with van der Waals surface area (Å²) in [5, 5.41) is 3.32. The van der Waals surface area contributed by atoms with Crippen molar-refractivity contribution in [1.29, 1.82) is 0 Å². The van der Waals surface area contributed by atoms with E-state index in [9.17, 15) is 0 Å². The molecule has 2 rings (SSSR count). The lowest BCUT2D eigenvalue weighted by Gasteiger charge is -2.30. The summed E-state index contributed by atoms with van der Waals surface area (Å²) in [4.78, 5) is 0. The van der Waals surface area contributed by atoms with Crippen molar-refractivity contribution in [2.24, 2.45) is 0 Å². The topological polar surface area (TPSA) is 34.4 Å². The van der Waals surface area contributed by atoms with Gasteiger partial charge in [-0.1, -0.05) is 0 Å². The van der Waals surface area contributed by atoms with E-state index >= 15 is 0 Å². The number of rotatable bonds is 2. The first kappa shape index (κ1) is 8.85. The Kier molecular flexibility index (Phi) is 2.71. The van der Waals surface area contributed by atoms with Gasteiger partial charge >= 0.3 is 0 Å². The molecule has 2 heterocycles. The summed E-state index contributed by atoms with van der Waals surface area (Å²) < 4.78 is 10.5. The van der Waals surface area contributed by atoms with E-state index in [4.69, 9.17) is 9.07 Å². The van der Waals surface area contributed by atoms with E-state index in [-0.39, 0.29) is 6.10 Å². The van der Waals surface area contributed by atoms with Gasteiger partial charge in [-0.05, 0) is 24.6 Å². The van der Waals surface area contributed by atoms with Crippen LogP contribution in [0.4, 0.5) is 0 Å². The zero-order valence-corrected chi connectivity index (χ0v) is 7.82. The molecule has 0 saturated carbocycles. The molecule has 4 heteroatoms. The van der Waals surface area contributed by atoms with Crippen LogP contribution in [0, 0.1) is 0 Å². The second-order valence-electron chi connectivity index (χ2n) is 3.43. The zero-order valence-electron chi connectivity index (χ0n) is 7.82. The highest BCUT2D eigenvalue weighted by atomic mass is 16.4. The van der Waals surface area contributed by atoms with Crippen molar-refractivity contribution in [3.05, 3.63) is 24.2 Å². The maximum atomic E-state index is 5.42. The van der Waals surface area contributed by atoms with Gasteiger partial charge in [0, 0.05) is 12.5 Å². The highest BCUT2D eigenvalue weighted by molar-refractivity contribution is 5.98. The number of hydrogen-bond donors (Lipinski definition) is 1. The average molecular weight is 179 g/mol. The van der Waals surface area contributed by atoms with Crippen LogP contribution in [0.25, 0.3) is 0 Å². The summed E-state index contributed by atoms with van der Waals surface area (Å²) in [6.45, 7) is 2.00. The third kappa shape index (κ3) is 1.79. The third-order valence-electron chi connectivity index (χ3n) is 2.70. The van der Waals surface area contributed by atoms with Crippen molar-refractivity contribution < 1.29 is 9.07 Å². The van der Waals surface area contributed by atoms with Gasteiger partial charge in [0.15, 0.2) is 0 Å². The fourth-order valence-corrected chi connectivity index (χ4v) is 1.94. The number of furan rings is 1. The van der Waals surface area contributed by atoms with Crippen LogP contribution in [0.1, 0.15) is 17.9 Å².